The van der Waals surface area contributed by atoms with E-state index in [0.29, 0.717) is 12.0 Å². The van der Waals surface area contributed by atoms with Crippen LogP contribution in [-0.2, 0) is 6.42 Å². The van der Waals surface area contributed by atoms with Crippen LogP contribution in [0.1, 0.15) is 44.1 Å². The van der Waals surface area contributed by atoms with Crippen molar-refractivity contribution in [3.63, 3.8) is 0 Å². The number of nitrogens with one attached hydrogen (secondary N) is 1. The molecule has 0 bridgehead atoms. The lowest BCUT2D eigenvalue weighted by atomic mass is 9.88. The molecule has 1 fully saturated rings. The summed E-state index contributed by atoms with van der Waals surface area (Å²) in [6.07, 6.45) is 9.01. The SMILES string of the molecule is COc1ccc(CC(NN)C2CCCCCC2)cc1Br. The van der Waals surface area contributed by atoms with Gasteiger partial charge in [0.1, 0.15) is 5.75 Å². The molecule has 2 rings (SSSR count). The van der Waals surface area contributed by atoms with Crippen LogP contribution in [0.2, 0.25) is 0 Å². The first kappa shape index (κ1) is 15.8. The summed E-state index contributed by atoms with van der Waals surface area (Å²) >= 11 is 3.55. The predicted octanol–water partition coefficient (Wildman–Crippen LogP) is 3.80. The second-order valence-corrected chi connectivity index (χ2v) is 6.55. The number of methoxy groups -OCH3 is 1. The molecule has 1 aromatic rings. The van der Waals surface area contributed by atoms with E-state index in [4.69, 9.17) is 10.6 Å². The highest BCUT2D eigenvalue weighted by molar-refractivity contribution is 9.10. The third-order valence-electron chi connectivity index (χ3n) is 4.35. The van der Waals surface area contributed by atoms with Crippen LogP contribution in [0.15, 0.2) is 22.7 Å². The van der Waals surface area contributed by atoms with Gasteiger partial charge in [-0.3, -0.25) is 11.3 Å². The van der Waals surface area contributed by atoms with Crippen LogP contribution >= 0.6 is 15.9 Å². The fourth-order valence-electron chi connectivity index (χ4n) is 3.17. The number of benzene rings is 1. The van der Waals surface area contributed by atoms with Crippen molar-refractivity contribution < 1.29 is 4.74 Å². The second-order valence-electron chi connectivity index (χ2n) is 5.70. The summed E-state index contributed by atoms with van der Waals surface area (Å²) in [5, 5.41) is 0. The summed E-state index contributed by atoms with van der Waals surface area (Å²) < 4.78 is 6.29. The van der Waals surface area contributed by atoms with Crippen LogP contribution in [0.3, 0.4) is 0 Å². The Hall–Kier alpha value is -0.580. The van der Waals surface area contributed by atoms with Crippen molar-refractivity contribution in [3.8, 4) is 5.75 Å². The molecule has 0 amide bonds. The first-order chi connectivity index (χ1) is 9.74. The molecular weight excluding hydrogens is 316 g/mol. The molecule has 0 spiro atoms. The van der Waals surface area contributed by atoms with Gasteiger partial charge in [-0.2, -0.15) is 0 Å². The Morgan fingerprint density at radius 1 is 1.30 bits per heavy atom. The van der Waals surface area contributed by atoms with Gasteiger partial charge in [-0.05, 0) is 58.8 Å². The molecule has 1 aliphatic carbocycles. The summed E-state index contributed by atoms with van der Waals surface area (Å²) in [6, 6.07) is 6.65. The maximum absolute atomic E-state index is 5.81. The lowest BCUT2D eigenvalue weighted by Crippen LogP contribution is -2.42. The molecule has 112 valence electrons. The van der Waals surface area contributed by atoms with Gasteiger partial charge in [-0.1, -0.05) is 31.7 Å². The molecule has 0 saturated heterocycles. The Balaban J connectivity index is 2.03. The molecule has 0 aromatic heterocycles. The first-order valence-electron chi connectivity index (χ1n) is 7.53. The van der Waals surface area contributed by atoms with Crippen molar-refractivity contribution >= 4 is 15.9 Å². The fourth-order valence-corrected chi connectivity index (χ4v) is 3.75. The van der Waals surface area contributed by atoms with Crippen molar-refractivity contribution in [3.05, 3.63) is 28.2 Å². The standard InChI is InChI=1S/C16H25BrN2O/c1-20-16-9-8-12(10-14(16)17)11-15(19-18)13-6-4-2-3-5-7-13/h8-10,13,15,19H,2-7,11,18H2,1H3. The average molecular weight is 341 g/mol. The Morgan fingerprint density at radius 2 is 2.00 bits per heavy atom. The Bertz CT molecular complexity index is 417. The summed E-state index contributed by atoms with van der Waals surface area (Å²) in [5.41, 5.74) is 4.35. The number of nitrogens with two attached hydrogens (primary N) is 1. The number of hydrogen-bond acceptors (Lipinski definition) is 3. The maximum Gasteiger partial charge on any atom is 0.133 e. The molecule has 1 unspecified atom stereocenters. The number of halogens is 1. The van der Waals surface area contributed by atoms with Crippen molar-refractivity contribution in [2.75, 3.05) is 7.11 Å². The van der Waals surface area contributed by atoms with E-state index in [9.17, 15) is 0 Å². The van der Waals surface area contributed by atoms with Crippen LogP contribution in [0, 0.1) is 5.92 Å². The monoisotopic (exact) mass is 340 g/mol. The number of hydrogen-bond donors (Lipinski definition) is 2. The highest BCUT2D eigenvalue weighted by Crippen LogP contribution is 2.29. The van der Waals surface area contributed by atoms with Gasteiger partial charge >= 0.3 is 0 Å². The highest BCUT2D eigenvalue weighted by Gasteiger charge is 2.22. The van der Waals surface area contributed by atoms with Gasteiger partial charge in [-0.25, -0.2) is 0 Å². The number of ether oxygens (including phenoxy) is 1. The zero-order valence-corrected chi connectivity index (χ0v) is 13.8. The highest BCUT2D eigenvalue weighted by atomic mass is 79.9. The number of rotatable bonds is 5. The molecule has 1 saturated carbocycles. The predicted molar refractivity (Wildman–Crippen MR) is 86.7 cm³/mol. The minimum absolute atomic E-state index is 0.369. The summed E-state index contributed by atoms with van der Waals surface area (Å²) in [7, 11) is 1.69. The molecule has 4 heteroatoms. The lowest BCUT2D eigenvalue weighted by Gasteiger charge is -2.25. The zero-order chi connectivity index (χ0) is 14.4. The van der Waals surface area contributed by atoms with E-state index < -0.39 is 0 Å². The minimum atomic E-state index is 0.369. The van der Waals surface area contributed by atoms with Crippen molar-refractivity contribution in [2.45, 2.75) is 51.0 Å². The van der Waals surface area contributed by atoms with Crippen LogP contribution in [0.5, 0.6) is 5.75 Å². The molecule has 3 N–H and O–H groups in total. The van der Waals surface area contributed by atoms with Crippen molar-refractivity contribution in [1.29, 1.82) is 0 Å². The van der Waals surface area contributed by atoms with E-state index in [1.807, 2.05) is 6.07 Å². The van der Waals surface area contributed by atoms with E-state index in [1.54, 1.807) is 7.11 Å². The quantitative estimate of drug-likeness (QED) is 0.486. The van der Waals surface area contributed by atoms with Crippen LogP contribution in [0.4, 0.5) is 0 Å². The van der Waals surface area contributed by atoms with Gasteiger partial charge in [0.2, 0.25) is 0 Å². The van der Waals surface area contributed by atoms with Gasteiger partial charge in [0.05, 0.1) is 11.6 Å². The first-order valence-corrected chi connectivity index (χ1v) is 8.32. The van der Waals surface area contributed by atoms with E-state index in [-0.39, 0.29) is 0 Å². The fraction of sp³-hybridized carbons (Fsp3) is 0.625. The zero-order valence-electron chi connectivity index (χ0n) is 12.2. The largest absolute Gasteiger partial charge is 0.496 e. The third kappa shape index (κ3) is 4.21. The van der Waals surface area contributed by atoms with Crippen molar-refractivity contribution in [2.24, 2.45) is 11.8 Å². The summed E-state index contributed by atoms with van der Waals surface area (Å²) in [4.78, 5) is 0. The third-order valence-corrected chi connectivity index (χ3v) is 4.97. The molecule has 3 nitrogen and oxygen atoms in total. The molecule has 20 heavy (non-hydrogen) atoms. The molecule has 1 atom stereocenters. The van der Waals surface area contributed by atoms with E-state index in [2.05, 4.69) is 33.5 Å². The molecule has 0 aliphatic heterocycles. The summed E-state index contributed by atoms with van der Waals surface area (Å²) in [5.74, 6) is 7.38. The second kappa shape index (κ2) is 8.01. The topological polar surface area (TPSA) is 47.3 Å². The van der Waals surface area contributed by atoms with E-state index in [1.165, 1.54) is 44.1 Å². The lowest BCUT2D eigenvalue weighted by molar-refractivity contribution is 0.320. The molecule has 1 aromatic carbocycles. The number of hydrazine groups is 1. The normalized spacial score (nSPS) is 18.6. The van der Waals surface area contributed by atoms with Gasteiger partial charge in [0.25, 0.3) is 0 Å². The summed E-state index contributed by atoms with van der Waals surface area (Å²) in [6.45, 7) is 0. The van der Waals surface area contributed by atoms with E-state index >= 15 is 0 Å². The van der Waals surface area contributed by atoms with Gasteiger partial charge < -0.3 is 4.74 Å². The molecule has 0 heterocycles. The molecule has 0 radical (unpaired) electrons. The van der Waals surface area contributed by atoms with Crippen LogP contribution < -0.4 is 16.0 Å². The van der Waals surface area contributed by atoms with Crippen LogP contribution in [0.25, 0.3) is 0 Å². The maximum atomic E-state index is 5.81. The van der Waals surface area contributed by atoms with Crippen molar-refractivity contribution in [1.82, 2.24) is 5.43 Å². The smallest absolute Gasteiger partial charge is 0.133 e. The van der Waals surface area contributed by atoms with Crippen LogP contribution in [-0.4, -0.2) is 13.2 Å². The van der Waals surface area contributed by atoms with Gasteiger partial charge in [0, 0.05) is 6.04 Å². The Morgan fingerprint density at radius 3 is 2.55 bits per heavy atom. The molecular formula is C16H25BrN2O. The van der Waals surface area contributed by atoms with Gasteiger partial charge in [-0.15, -0.1) is 0 Å². The average Bonchev–Trinajstić information content (AvgIpc) is 2.74. The Labute approximate surface area is 130 Å². The Kier molecular flexibility index (Phi) is 6.33. The molecule has 1 aliphatic rings. The van der Waals surface area contributed by atoms with Gasteiger partial charge in [0.15, 0.2) is 0 Å². The van der Waals surface area contributed by atoms with E-state index in [0.717, 1.165) is 16.6 Å². The minimum Gasteiger partial charge on any atom is -0.496 e.